The third-order valence-corrected chi connectivity index (χ3v) is 3.55. The highest BCUT2D eigenvalue weighted by molar-refractivity contribution is 7.81. The molecule has 0 N–H and O–H groups in total. The maximum Gasteiger partial charge on any atom is 0.257 e. The summed E-state index contributed by atoms with van der Waals surface area (Å²) in [6.07, 6.45) is 1.53. The van der Waals surface area contributed by atoms with Crippen molar-refractivity contribution in [3.63, 3.8) is 0 Å². The number of alkyl halides is 2. The van der Waals surface area contributed by atoms with Crippen LogP contribution in [-0.4, -0.2) is 33.8 Å². The summed E-state index contributed by atoms with van der Waals surface area (Å²) in [6, 6.07) is 0. The van der Waals surface area contributed by atoms with Gasteiger partial charge in [0, 0.05) is 31.2 Å². The molecule has 1 aliphatic heterocycles. The van der Waals surface area contributed by atoms with E-state index in [0.717, 1.165) is 0 Å². The van der Waals surface area contributed by atoms with Gasteiger partial charge >= 0.3 is 0 Å². The minimum atomic E-state index is -2.45. The molecule has 0 aromatic carbocycles. The average Bonchev–Trinajstić information content (AvgIpc) is 2.28. The number of nitrogens with zero attached hydrogens (tertiary/aromatic N) is 1. The summed E-state index contributed by atoms with van der Waals surface area (Å²) in [4.78, 5) is 0. The fourth-order valence-corrected chi connectivity index (χ4v) is 2.42. The van der Waals surface area contributed by atoms with E-state index in [9.17, 15) is 13.0 Å². The number of hydrogen-bond acceptors (Lipinski definition) is 1. The van der Waals surface area contributed by atoms with Crippen molar-refractivity contribution in [2.45, 2.75) is 5.92 Å². The molecule has 2 aliphatic rings. The monoisotopic (exact) mass is 181 g/mol. The summed E-state index contributed by atoms with van der Waals surface area (Å²) in [5, 5.41) is 0. The zero-order valence-electron chi connectivity index (χ0n) is 6.09. The van der Waals surface area contributed by atoms with E-state index in [1.54, 1.807) is 4.31 Å². The third kappa shape index (κ3) is 0.939. The molecule has 5 heteroatoms. The Hall–Kier alpha value is -0.0300. The Morgan fingerprint density at radius 1 is 1.45 bits per heavy atom. The summed E-state index contributed by atoms with van der Waals surface area (Å²) in [5.74, 6) is -3.46. The molecule has 0 aromatic rings. The molecule has 0 amide bonds. The van der Waals surface area contributed by atoms with Gasteiger partial charge in [-0.3, -0.25) is 0 Å². The molecule has 0 aromatic heterocycles. The molecule has 3 unspecified atom stereocenters. The summed E-state index contributed by atoms with van der Waals surface area (Å²) < 4.78 is 37.5. The van der Waals surface area contributed by atoms with Gasteiger partial charge in [-0.2, -0.15) is 0 Å². The van der Waals surface area contributed by atoms with E-state index < -0.39 is 28.7 Å². The number of fused-ring (bicyclic) bond motifs is 1. The molecular weight excluding hydrogens is 172 g/mol. The van der Waals surface area contributed by atoms with Crippen LogP contribution in [0.4, 0.5) is 8.78 Å². The largest absolute Gasteiger partial charge is 0.257 e. The van der Waals surface area contributed by atoms with Crippen molar-refractivity contribution in [3.05, 3.63) is 0 Å². The lowest BCUT2D eigenvalue weighted by molar-refractivity contribution is 0.0668. The van der Waals surface area contributed by atoms with Crippen molar-refractivity contribution in [1.29, 1.82) is 0 Å². The van der Waals surface area contributed by atoms with Gasteiger partial charge in [0.25, 0.3) is 5.92 Å². The maximum absolute atomic E-state index is 12.6. The second-order valence-electron chi connectivity index (χ2n) is 3.16. The predicted octanol–water partition coefficient (Wildman–Crippen LogP) is 0.477. The normalized spacial score (nSPS) is 43.5. The topological polar surface area (TPSA) is 20.3 Å². The molecule has 3 atom stereocenters. The summed E-state index contributed by atoms with van der Waals surface area (Å²) in [7, 11) is -1.06. The van der Waals surface area contributed by atoms with Crippen LogP contribution in [0.1, 0.15) is 0 Å². The first-order valence-corrected chi connectivity index (χ1v) is 5.01. The predicted molar refractivity (Wildman–Crippen MR) is 37.6 cm³/mol. The van der Waals surface area contributed by atoms with E-state index in [1.165, 1.54) is 6.26 Å². The first-order valence-electron chi connectivity index (χ1n) is 3.50. The Morgan fingerprint density at radius 3 is 2.27 bits per heavy atom. The Kier molecular flexibility index (Phi) is 1.39. The Labute approximate surface area is 66.2 Å². The van der Waals surface area contributed by atoms with E-state index in [0.29, 0.717) is 13.1 Å². The van der Waals surface area contributed by atoms with Crippen LogP contribution in [0.5, 0.6) is 0 Å². The Balaban J connectivity index is 2.00. The van der Waals surface area contributed by atoms with Crippen molar-refractivity contribution in [2.24, 2.45) is 11.8 Å². The number of piperidine rings is 1. The fourth-order valence-electron chi connectivity index (χ4n) is 1.68. The molecule has 1 saturated heterocycles. The second kappa shape index (κ2) is 2.01. The minimum Gasteiger partial charge on any atom is -0.243 e. The van der Waals surface area contributed by atoms with Crippen molar-refractivity contribution in [2.75, 3.05) is 19.3 Å². The lowest BCUT2D eigenvalue weighted by Crippen LogP contribution is -2.28. The minimum absolute atomic E-state index is 0.306. The molecule has 2 nitrogen and oxygen atoms in total. The maximum atomic E-state index is 12.6. The lowest BCUT2D eigenvalue weighted by atomic mass is 10.4. The zero-order chi connectivity index (χ0) is 8.22. The highest BCUT2D eigenvalue weighted by Gasteiger charge is 2.71. The first-order chi connectivity index (χ1) is 5.03. The molecule has 1 heterocycles. The molecule has 0 bridgehead atoms. The summed E-state index contributed by atoms with van der Waals surface area (Å²) in [6.45, 7) is 0.613. The van der Waals surface area contributed by atoms with Crippen LogP contribution in [0.25, 0.3) is 0 Å². The summed E-state index contributed by atoms with van der Waals surface area (Å²) in [5.41, 5.74) is 0. The SMILES string of the molecule is CS(=O)N1CC2C(C1)C2(F)F. The number of hydrogen-bond donors (Lipinski definition) is 0. The molecule has 11 heavy (non-hydrogen) atoms. The van der Waals surface area contributed by atoms with E-state index in [2.05, 4.69) is 0 Å². The Morgan fingerprint density at radius 2 is 1.91 bits per heavy atom. The summed E-state index contributed by atoms with van der Waals surface area (Å²) >= 11 is 0. The van der Waals surface area contributed by atoms with Crippen LogP contribution >= 0.6 is 0 Å². The van der Waals surface area contributed by atoms with Gasteiger partial charge in [0.2, 0.25) is 0 Å². The van der Waals surface area contributed by atoms with Crippen molar-refractivity contribution >= 4 is 11.0 Å². The molecule has 0 spiro atoms. The molecule has 0 radical (unpaired) electrons. The van der Waals surface area contributed by atoms with Crippen molar-refractivity contribution in [1.82, 2.24) is 4.31 Å². The average molecular weight is 181 g/mol. The van der Waals surface area contributed by atoms with Gasteiger partial charge in [-0.05, 0) is 0 Å². The molecule has 1 aliphatic carbocycles. The van der Waals surface area contributed by atoms with Crippen LogP contribution in [-0.2, 0) is 11.0 Å². The van der Waals surface area contributed by atoms with Crippen LogP contribution in [0.2, 0.25) is 0 Å². The standard InChI is InChI=1S/C6H9F2NOS/c1-11(10)9-2-4-5(3-9)6(4,7)8/h4-5H,2-3H2,1H3. The highest BCUT2D eigenvalue weighted by Crippen LogP contribution is 2.59. The van der Waals surface area contributed by atoms with Crippen LogP contribution in [0.15, 0.2) is 0 Å². The first kappa shape index (κ1) is 7.61. The van der Waals surface area contributed by atoms with Gasteiger partial charge in [0.05, 0.1) is 11.0 Å². The van der Waals surface area contributed by atoms with Crippen LogP contribution in [0, 0.1) is 11.8 Å². The highest BCUT2D eigenvalue weighted by atomic mass is 32.2. The Bertz CT molecular complexity index is 207. The quantitative estimate of drug-likeness (QED) is 0.576. The second-order valence-corrected chi connectivity index (χ2v) is 4.52. The molecule has 64 valence electrons. The van der Waals surface area contributed by atoms with Gasteiger partial charge in [-0.15, -0.1) is 0 Å². The fraction of sp³-hybridized carbons (Fsp3) is 1.00. The lowest BCUT2D eigenvalue weighted by Gasteiger charge is -2.14. The van der Waals surface area contributed by atoms with Crippen LogP contribution in [0.3, 0.4) is 0 Å². The van der Waals surface area contributed by atoms with Gasteiger partial charge < -0.3 is 0 Å². The van der Waals surface area contributed by atoms with Gasteiger partial charge in [-0.1, -0.05) is 0 Å². The number of halogens is 2. The molecular formula is C6H9F2NOS. The van der Waals surface area contributed by atoms with E-state index in [4.69, 9.17) is 0 Å². The molecule has 1 saturated carbocycles. The van der Waals surface area contributed by atoms with Gasteiger partial charge in [-0.25, -0.2) is 17.3 Å². The van der Waals surface area contributed by atoms with Crippen molar-refractivity contribution < 1.29 is 13.0 Å². The van der Waals surface area contributed by atoms with Gasteiger partial charge in [0.1, 0.15) is 0 Å². The smallest absolute Gasteiger partial charge is 0.243 e. The van der Waals surface area contributed by atoms with Gasteiger partial charge in [0.15, 0.2) is 0 Å². The van der Waals surface area contributed by atoms with Crippen LogP contribution < -0.4 is 0 Å². The molecule has 2 fully saturated rings. The van der Waals surface area contributed by atoms with E-state index >= 15 is 0 Å². The zero-order valence-corrected chi connectivity index (χ0v) is 6.91. The van der Waals surface area contributed by atoms with Crippen molar-refractivity contribution in [3.8, 4) is 0 Å². The third-order valence-electron chi connectivity index (χ3n) is 2.53. The van der Waals surface area contributed by atoms with E-state index in [1.807, 2.05) is 0 Å². The van der Waals surface area contributed by atoms with E-state index in [-0.39, 0.29) is 0 Å². The number of rotatable bonds is 1. The molecule has 2 rings (SSSR count).